The molecule has 0 aliphatic heterocycles. The van der Waals surface area contributed by atoms with E-state index in [0.29, 0.717) is 10.2 Å². The summed E-state index contributed by atoms with van der Waals surface area (Å²) >= 11 is 4.90. The van der Waals surface area contributed by atoms with Crippen LogP contribution in [0.2, 0.25) is 0 Å². The Morgan fingerprint density at radius 3 is 2.71 bits per heavy atom. The highest BCUT2D eigenvalue weighted by Crippen LogP contribution is 2.36. The number of rotatable bonds is 3. The van der Waals surface area contributed by atoms with Gasteiger partial charge in [-0.15, -0.1) is 11.3 Å². The molecule has 5 nitrogen and oxygen atoms in total. The Morgan fingerprint density at radius 1 is 1.33 bits per heavy atom. The molecule has 0 bridgehead atoms. The Bertz CT molecular complexity index is 1020. The molecule has 2 heterocycles. The van der Waals surface area contributed by atoms with E-state index in [-0.39, 0.29) is 5.56 Å². The number of fused-ring (bicyclic) bond motifs is 1. The third-order valence-corrected chi connectivity index (χ3v) is 5.61. The van der Waals surface area contributed by atoms with Crippen molar-refractivity contribution in [2.75, 3.05) is 0 Å². The Kier molecular flexibility index (Phi) is 4.09. The van der Waals surface area contributed by atoms with Gasteiger partial charge in [0.1, 0.15) is 16.7 Å². The van der Waals surface area contributed by atoms with E-state index in [0.717, 1.165) is 21.2 Å². The number of aromatic nitrogens is 2. The van der Waals surface area contributed by atoms with Gasteiger partial charge < -0.3 is 5.11 Å². The fourth-order valence-corrected chi connectivity index (χ4v) is 3.84. The number of carbonyl (C=O) groups is 1. The molecule has 0 amide bonds. The van der Waals surface area contributed by atoms with Gasteiger partial charge in [-0.1, -0.05) is 33.6 Å². The average Bonchev–Trinajstić information content (AvgIpc) is 2.94. The van der Waals surface area contributed by atoms with Crippen molar-refractivity contribution in [2.45, 2.75) is 26.3 Å². The second-order valence-electron chi connectivity index (χ2n) is 6.10. The first-order valence-corrected chi connectivity index (χ1v) is 8.90. The number of hydrogen-bond donors (Lipinski definition) is 1. The fraction of sp³-hybridized carbons (Fsp3) is 0.235. The summed E-state index contributed by atoms with van der Waals surface area (Å²) in [6.45, 7) is 4.95. The molecule has 7 heteroatoms. The van der Waals surface area contributed by atoms with Crippen molar-refractivity contribution in [1.82, 2.24) is 9.55 Å². The summed E-state index contributed by atoms with van der Waals surface area (Å²) in [5.74, 6) is -1.08. The van der Waals surface area contributed by atoms with Crippen molar-refractivity contribution < 1.29 is 9.90 Å². The molecule has 24 heavy (non-hydrogen) atoms. The zero-order valence-corrected chi connectivity index (χ0v) is 15.7. The summed E-state index contributed by atoms with van der Waals surface area (Å²) in [7, 11) is 0. The van der Waals surface area contributed by atoms with E-state index < -0.39 is 11.5 Å². The number of halogens is 1. The summed E-state index contributed by atoms with van der Waals surface area (Å²) in [6, 6.07) is 5.90. The van der Waals surface area contributed by atoms with E-state index >= 15 is 0 Å². The Balaban J connectivity index is 2.35. The summed E-state index contributed by atoms with van der Waals surface area (Å²) in [6.07, 6.45) is 1.31. The lowest BCUT2D eigenvalue weighted by atomic mass is 10.0. The van der Waals surface area contributed by atoms with Gasteiger partial charge in [0.2, 0.25) is 0 Å². The number of aliphatic carboxylic acids is 1. The molecule has 0 unspecified atom stereocenters. The van der Waals surface area contributed by atoms with Crippen LogP contribution in [0.3, 0.4) is 0 Å². The SMILES string of the molecule is Cc1ccc(Br)c(-c2csc3ncn(C(C)(C)C(=O)O)c(=O)c23)c1. The second-order valence-corrected chi connectivity index (χ2v) is 7.81. The van der Waals surface area contributed by atoms with Crippen LogP contribution in [0.25, 0.3) is 21.3 Å². The largest absolute Gasteiger partial charge is 0.480 e. The summed E-state index contributed by atoms with van der Waals surface area (Å²) in [5, 5.41) is 11.7. The highest BCUT2D eigenvalue weighted by molar-refractivity contribution is 9.10. The van der Waals surface area contributed by atoms with Crippen LogP contribution in [0.1, 0.15) is 19.4 Å². The van der Waals surface area contributed by atoms with Crippen molar-refractivity contribution in [3.8, 4) is 11.1 Å². The number of thiophene rings is 1. The molecule has 0 aliphatic carbocycles. The fourth-order valence-electron chi connectivity index (χ4n) is 2.48. The van der Waals surface area contributed by atoms with E-state index in [1.165, 1.54) is 36.1 Å². The van der Waals surface area contributed by atoms with Gasteiger partial charge in [-0.25, -0.2) is 9.78 Å². The van der Waals surface area contributed by atoms with Gasteiger partial charge in [0.05, 0.1) is 5.39 Å². The first-order chi connectivity index (χ1) is 11.2. The molecule has 2 aromatic heterocycles. The summed E-state index contributed by atoms with van der Waals surface area (Å²) < 4.78 is 2.05. The van der Waals surface area contributed by atoms with Gasteiger partial charge in [0.25, 0.3) is 5.56 Å². The lowest BCUT2D eigenvalue weighted by Crippen LogP contribution is -2.42. The molecule has 0 saturated carbocycles. The molecule has 3 aromatic rings. The maximum atomic E-state index is 13.0. The standard InChI is InChI=1S/C17H15BrN2O3S/c1-9-4-5-12(18)10(6-9)11-7-24-14-13(11)15(21)20(8-19-14)17(2,3)16(22)23/h4-8H,1-3H3,(H,22,23). The molecule has 0 radical (unpaired) electrons. The monoisotopic (exact) mass is 406 g/mol. The van der Waals surface area contributed by atoms with Crippen molar-refractivity contribution >= 4 is 43.5 Å². The second kappa shape index (κ2) is 5.82. The van der Waals surface area contributed by atoms with E-state index in [1.54, 1.807) is 0 Å². The number of benzene rings is 1. The average molecular weight is 407 g/mol. The van der Waals surface area contributed by atoms with Crippen molar-refractivity contribution in [2.24, 2.45) is 0 Å². The maximum absolute atomic E-state index is 13.0. The van der Waals surface area contributed by atoms with Crippen LogP contribution in [-0.4, -0.2) is 20.6 Å². The number of nitrogens with zero attached hydrogens (tertiary/aromatic N) is 2. The smallest absolute Gasteiger partial charge is 0.329 e. The molecule has 0 spiro atoms. The Labute approximate surface area is 150 Å². The van der Waals surface area contributed by atoms with Crippen LogP contribution in [0, 0.1) is 6.92 Å². The quantitative estimate of drug-likeness (QED) is 0.712. The van der Waals surface area contributed by atoms with Gasteiger partial charge in [-0.05, 0) is 32.4 Å². The maximum Gasteiger partial charge on any atom is 0.329 e. The zero-order valence-electron chi connectivity index (χ0n) is 13.3. The molecular weight excluding hydrogens is 392 g/mol. The van der Waals surface area contributed by atoms with Crippen LogP contribution in [0.4, 0.5) is 0 Å². The predicted molar refractivity (Wildman–Crippen MR) is 98.7 cm³/mol. The molecule has 3 rings (SSSR count). The number of hydrogen-bond acceptors (Lipinski definition) is 4. The van der Waals surface area contributed by atoms with Gasteiger partial charge in [0, 0.05) is 15.4 Å². The highest BCUT2D eigenvalue weighted by atomic mass is 79.9. The number of aryl methyl sites for hydroxylation is 1. The van der Waals surface area contributed by atoms with Crippen LogP contribution >= 0.6 is 27.3 Å². The highest BCUT2D eigenvalue weighted by Gasteiger charge is 2.31. The molecule has 0 saturated heterocycles. The van der Waals surface area contributed by atoms with Crippen molar-refractivity contribution in [1.29, 1.82) is 0 Å². The minimum atomic E-state index is -1.37. The van der Waals surface area contributed by atoms with Crippen molar-refractivity contribution in [3.05, 3.63) is 50.3 Å². The molecular formula is C17H15BrN2O3S. The third-order valence-electron chi connectivity index (χ3n) is 4.03. The zero-order chi connectivity index (χ0) is 17.6. The van der Waals surface area contributed by atoms with Gasteiger partial charge in [0.15, 0.2) is 0 Å². The third kappa shape index (κ3) is 2.57. The first-order valence-electron chi connectivity index (χ1n) is 7.22. The van der Waals surface area contributed by atoms with E-state index in [4.69, 9.17) is 0 Å². The topological polar surface area (TPSA) is 72.2 Å². The van der Waals surface area contributed by atoms with Crippen LogP contribution in [-0.2, 0) is 10.3 Å². The molecule has 0 atom stereocenters. The lowest BCUT2D eigenvalue weighted by Gasteiger charge is -2.22. The summed E-state index contributed by atoms with van der Waals surface area (Å²) in [5.41, 5.74) is 1.01. The molecule has 0 aliphatic rings. The Morgan fingerprint density at radius 2 is 2.04 bits per heavy atom. The predicted octanol–water partition coefficient (Wildman–Crippen LogP) is 4.02. The summed E-state index contributed by atoms with van der Waals surface area (Å²) in [4.78, 5) is 29.4. The minimum absolute atomic E-state index is 0.350. The Hall–Kier alpha value is -1.99. The van der Waals surface area contributed by atoms with Gasteiger partial charge in [-0.3, -0.25) is 9.36 Å². The molecule has 124 valence electrons. The van der Waals surface area contributed by atoms with E-state index in [9.17, 15) is 14.7 Å². The number of carboxylic acids is 1. The van der Waals surface area contributed by atoms with Crippen LogP contribution < -0.4 is 5.56 Å². The van der Waals surface area contributed by atoms with E-state index in [1.807, 2.05) is 30.5 Å². The van der Waals surface area contributed by atoms with Gasteiger partial charge >= 0.3 is 5.97 Å². The number of carboxylic acid groups (broad SMARTS) is 1. The van der Waals surface area contributed by atoms with Crippen LogP contribution in [0.15, 0.2) is 39.2 Å². The minimum Gasteiger partial charge on any atom is -0.480 e. The normalized spacial score (nSPS) is 11.8. The lowest BCUT2D eigenvalue weighted by molar-refractivity contribution is -0.145. The molecule has 1 N–H and O–H groups in total. The molecule has 0 fully saturated rings. The van der Waals surface area contributed by atoms with Crippen LogP contribution in [0.5, 0.6) is 0 Å². The van der Waals surface area contributed by atoms with Crippen molar-refractivity contribution in [3.63, 3.8) is 0 Å². The van der Waals surface area contributed by atoms with E-state index in [2.05, 4.69) is 20.9 Å². The van der Waals surface area contributed by atoms with Gasteiger partial charge in [-0.2, -0.15) is 0 Å². The first kappa shape index (κ1) is 16.9. The molecule has 1 aromatic carbocycles.